The van der Waals surface area contributed by atoms with Gasteiger partial charge < -0.3 is 10.1 Å². The molecule has 1 fully saturated rings. The first-order chi connectivity index (χ1) is 14.5. The Kier molecular flexibility index (Phi) is 6.01. The number of fused-ring (bicyclic) bond motifs is 1. The van der Waals surface area contributed by atoms with Crippen molar-refractivity contribution in [1.82, 2.24) is 0 Å². The number of hydrogen-bond donors (Lipinski definition) is 1. The summed E-state index contributed by atoms with van der Waals surface area (Å²) in [5, 5.41) is 5.89. The molecule has 0 aliphatic heterocycles. The Bertz CT molecular complexity index is 1050. The van der Waals surface area contributed by atoms with E-state index in [1.165, 1.54) is 0 Å². The van der Waals surface area contributed by atoms with Crippen molar-refractivity contribution in [2.45, 2.75) is 44.9 Å². The first-order valence-electron chi connectivity index (χ1n) is 10.7. The van der Waals surface area contributed by atoms with E-state index >= 15 is 0 Å². The van der Waals surface area contributed by atoms with Crippen LogP contribution < -0.4 is 10.1 Å². The lowest BCUT2D eigenvalue weighted by Crippen LogP contribution is -2.38. The summed E-state index contributed by atoms with van der Waals surface area (Å²) in [6.07, 6.45) is 3.69. The molecule has 0 aromatic heterocycles. The third-order valence-electron chi connectivity index (χ3n) is 5.99. The number of carbonyl (C=O) groups is 1. The molecule has 0 radical (unpaired) electrons. The normalized spacial score (nSPS) is 15.5. The van der Waals surface area contributed by atoms with E-state index in [1.807, 2.05) is 60.7 Å². The molecule has 1 aliphatic rings. The van der Waals surface area contributed by atoms with Crippen molar-refractivity contribution in [3.05, 3.63) is 71.2 Å². The number of benzene rings is 3. The van der Waals surface area contributed by atoms with Crippen LogP contribution in [-0.4, -0.2) is 12.5 Å². The molecule has 4 heteroatoms. The number of rotatable bonds is 6. The van der Waals surface area contributed by atoms with Gasteiger partial charge in [-0.1, -0.05) is 80.8 Å². The van der Waals surface area contributed by atoms with Crippen molar-refractivity contribution in [3.8, 4) is 5.75 Å². The number of ether oxygens (including phenoxy) is 1. The van der Waals surface area contributed by atoms with Gasteiger partial charge in [0.25, 0.3) is 0 Å². The van der Waals surface area contributed by atoms with E-state index < -0.39 is 5.41 Å². The van der Waals surface area contributed by atoms with Crippen LogP contribution in [0.5, 0.6) is 5.75 Å². The fourth-order valence-electron chi connectivity index (χ4n) is 4.45. The van der Waals surface area contributed by atoms with E-state index in [1.54, 1.807) is 0 Å². The summed E-state index contributed by atoms with van der Waals surface area (Å²) >= 11 is 6.52. The molecular formula is C26H28ClNO2. The first kappa shape index (κ1) is 20.7. The Morgan fingerprint density at radius 3 is 2.37 bits per heavy atom. The second kappa shape index (κ2) is 8.69. The van der Waals surface area contributed by atoms with Gasteiger partial charge in [0, 0.05) is 21.5 Å². The van der Waals surface area contributed by atoms with Crippen molar-refractivity contribution in [3.63, 3.8) is 0 Å². The number of anilines is 1. The average Bonchev–Trinajstić information content (AvgIpc) is 3.24. The van der Waals surface area contributed by atoms with Gasteiger partial charge in [-0.05, 0) is 42.5 Å². The highest BCUT2D eigenvalue weighted by molar-refractivity contribution is 6.32. The van der Waals surface area contributed by atoms with Crippen LogP contribution >= 0.6 is 11.6 Å². The Morgan fingerprint density at radius 2 is 1.67 bits per heavy atom. The molecule has 0 heterocycles. The third-order valence-corrected chi connectivity index (χ3v) is 6.32. The topological polar surface area (TPSA) is 38.3 Å². The van der Waals surface area contributed by atoms with Gasteiger partial charge in [0.1, 0.15) is 5.75 Å². The molecular weight excluding hydrogens is 394 g/mol. The summed E-state index contributed by atoms with van der Waals surface area (Å²) in [5.41, 5.74) is 1.17. The van der Waals surface area contributed by atoms with Gasteiger partial charge in [0.05, 0.1) is 12.0 Å². The van der Waals surface area contributed by atoms with Gasteiger partial charge in [0.15, 0.2) is 0 Å². The van der Waals surface area contributed by atoms with Gasteiger partial charge in [-0.2, -0.15) is 0 Å². The molecule has 1 N–H and O–H groups in total. The summed E-state index contributed by atoms with van der Waals surface area (Å²) in [7, 11) is 0. The molecule has 0 atom stereocenters. The molecule has 3 nitrogen and oxygen atoms in total. The maximum Gasteiger partial charge on any atom is 0.235 e. The molecule has 4 rings (SSSR count). The zero-order valence-electron chi connectivity index (χ0n) is 17.6. The minimum Gasteiger partial charge on any atom is -0.493 e. The van der Waals surface area contributed by atoms with Crippen LogP contribution in [0.4, 0.5) is 5.69 Å². The number of halogens is 1. The molecule has 1 amide bonds. The highest BCUT2D eigenvalue weighted by atomic mass is 35.5. The van der Waals surface area contributed by atoms with Crippen molar-refractivity contribution in [2.24, 2.45) is 5.92 Å². The van der Waals surface area contributed by atoms with Crippen molar-refractivity contribution < 1.29 is 9.53 Å². The van der Waals surface area contributed by atoms with E-state index in [4.69, 9.17) is 16.3 Å². The van der Waals surface area contributed by atoms with Gasteiger partial charge in [-0.3, -0.25) is 4.79 Å². The van der Waals surface area contributed by atoms with Gasteiger partial charge in [-0.25, -0.2) is 0 Å². The van der Waals surface area contributed by atoms with Crippen molar-refractivity contribution in [2.75, 3.05) is 11.9 Å². The predicted molar refractivity (Wildman–Crippen MR) is 125 cm³/mol. The maximum absolute atomic E-state index is 13.6. The predicted octanol–water partition coefficient (Wildman–Crippen LogP) is 6.98. The molecule has 1 saturated carbocycles. The Hall–Kier alpha value is -2.52. The van der Waals surface area contributed by atoms with E-state index in [2.05, 4.69) is 19.2 Å². The van der Waals surface area contributed by atoms with Gasteiger partial charge in [0.2, 0.25) is 5.91 Å². The Balaban J connectivity index is 1.69. The smallest absolute Gasteiger partial charge is 0.235 e. The Labute approximate surface area is 183 Å². The Morgan fingerprint density at radius 1 is 1.00 bits per heavy atom. The summed E-state index contributed by atoms with van der Waals surface area (Å²) in [6.45, 7) is 4.92. The third kappa shape index (κ3) is 3.91. The van der Waals surface area contributed by atoms with Crippen LogP contribution in [-0.2, 0) is 10.2 Å². The second-order valence-electron chi connectivity index (χ2n) is 8.58. The standard InChI is InChI=1S/C26H28ClNO2/c1-18(2)17-30-24-14-13-23(19-9-3-4-10-20(19)24)28-25(29)26(15-7-8-16-26)21-11-5-6-12-22(21)27/h3-6,9-14,18H,7-8,15-17H2,1-2H3,(H,28,29). The summed E-state index contributed by atoms with van der Waals surface area (Å²) in [6, 6.07) is 19.7. The van der Waals surface area contributed by atoms with E-state index in [9.17, 15) is 4.79 Å². The summed E-state index contributed by atoms with van der Waals surface area (Å²) < 4.78 is 6.02. The fraction of sp³-hybridized carbons (Fsp3) is 0.346. The zero-order valence-corrected chi connectivity index (χ0v) is 18.3. The largest absolute Gasteiger partial charge is 0.493 e. The average molecular weight is 422 g/mol. The lowest BCUT2D eigenvalue weighted by molar-refractivity contribution is -0.121. The number of amides is 1. The molecule has 0 bridgehead atoms. The molecule has 3 aromatic carbocycles. The fourth-order valence-corrected chi connectivity index (χ4v) is 4.77. The SMILES string of the molecule is CC(C)COc1ccc(NC(=O)C2(c3ccccc3Cl)CCCC2)c2ccccc12. The van der Waals surface area contributed by atoms with Crippen molar-refractivity contribution >= 4 is 34.0 Å². The summed E-state index contributed by atoms with van der Waals surface area (Å²) in [5.74, 6) is 1.31. The molecule has 1 aliphatic carbocycles. The van der Waals surface area contributed by atoms with E-state index in [0.717, 1.165) is 53.5 Å². The van der Waals surface area contributed by atoms with Crippen molar-refractivity contribution in [1.29, 1.82) is 0 Å². The minimum atomic E-state index is -0.577. The lowest BCUT2D eigenvalue weighted by Gasteiger charge is -2.29. The molecule has 3 aromatic rings. The highest BCUT2D eigenvalue weighted by Gasteiger charge is 2.44. The van der Waals surface area contributed by atoms with Crippen LogP contribution in [0.2, 0.25) is 5.02 Å². The van der Waals surface area contributed by atoms with Crippen LogP contribution in [0.1, 0.15) is 45.1 Å². The monoisotopic (exact) mass is 421 g/mol. The molecule has 30 heavy (non-hydrogen) atoms. The van der Waals surface area contributed by atoms with E-state index in [0.29, 0.717) is 17.5 Å². The number of hydrogen-bond acceptors (Lipinski definition) is 2. The first-order valence-corrected chi connectivity index (χ1v) is 11.1. The van der Waals surface area contributed by atoms with E-state index in [-0.39, 0.29) is 5.91 Å². The van der Waals surface area contributed by atoms with Crippen LogP contribution in [0.15, 0.2) is 60.7 Å². The molecule has 156 valence electrons. The zero-order chi connectivity index (χ0) is 21.1. The number of carbonyl (C=O) groups excluding carboxylic acids is 1. The number of nitrogens with one attached hydrogen (secondary N) is 1. The van der Waals surface area contributed by atoms with Crippen LogP contribution in [0.25, 0.3) is 10.8 Å². The summed E-state index contributed by atoms with van der Waals surface area (Å²) in [4.78, 5) is 13.6. The molecule has 0 saturated heterocycles. The van der Waals surface area contributed by atoms with Crippen LogP contribution in [0.3, 0.4) is 0 Å². The second-order valence-corrected chi connectivity index (χ2v) is 8.99. The van der Waals surface area contributed by atoms with Gasteiger partial charge >= 0.3 is 0 Å². The highest BCUT2D eigenvalue weighted by Crippen LogP contribution is 2.45. The quantitative estimate of drug-likeness (QED) is 0.466. The lowest BCUT2D eigenvalue weighted by atomic mass is 9.77. The molecule has 0 unspecified atom stereocenters. The molecule has 0 spiro atoms. The van der Waals surface area contributed by atoms with Gasteiger partial charge in [-0.15, -0.1) is 0 Å². The van der Waals surface area contributed by atoms with Crippen LogP contribution in [0, 0.1) is 5.92 Å². The minimum absolute atomic E-state index is 0.0223. The maximum atomic E-state index is 13.6.